The topological polar surface area (TPSA) is 117 Å². The second kappa shape index (κ2) is 16.0. The quantitative estimate of drug-likeness (QED) is 0.146. The Kier molecular flexibility index (Phi) is 12.8. The molecular formula is C31H43ClN4O4S. The summed E-state index contributed by atoms with van der Waals surface area (Å²) in [4.78, 5) is 13.6. The lowest BCUT2D eigenvalue weighted by Crippen LogP contribution is -2.49. The highest BCUT2D eigenvalue weighted by Crippen LogP contribution is 2.50. The lowest BCUT2D eigenvalue weighted by atomic mass is 10.00. The Morgan fingerprint density at radius 3 is 2.32 bits per heavy atom. The molecule has 1 aliphatic rings. The van der Waals surface area contributed by atoms with Crippen molar-refractivity contribution in [2.45, 2.75) is 44.8 Å². The molecule has 8 nitrogen and oxygen atoms in total. The fourth-order valence-corrected chi connectivity index (χ4v) is 6.65. The van der Waals surface area contributed by atoms with E-state index < -0.39 is 22.9 Å². The van der Waals surface area contributed by atoms with Gasteiger partial charge < -0.3 is 21.1 Å². The van der Waals surface area contributed by atoms with Gasteiger partial charge in [0.1, 0.15) is 0 Å². The molecule has 0 spiro atoms. The van der Waals surface area contributed by atoms with Gasteiger partial charge in [-0.15, -0.1) is 23.2 Å². The van der Waals surface area contributed by atoms with Gasteiger partial charge in [-0.3, -0.25) is 18.2 Å². The molecule has 1 fully saturated rings. The van der Waals surface area contributed by atoms with E-state index in [2.05, 4.69) is 28.1 Å². The molecule has 0 aliphatic carbocycles. The normalized spacial score (nSPS) is 16.6. The van der Waals surface area contributed by atoms with Crippen LogP contribution in [0.2, 0.25) is 0 Å². The van der Waals surface area contributed by atoms with Gasteiger partial charge in [0.25, 0.3) is 5.91 Å². The van der Waals surface area contributed by atoms with Gasteiger partial charge in [-0.25, -0.2) is 0 Å². The van der Waals surface area contributed by atoms with Gasteiger partial charge in [-0.1, -0.05) is 60.7 Å². The molecule has 1 amide bonds. The molecule has 1 heterocycles. The van der Waals surface area contributed by atoms with Gasteiger partial charge in [0, 0.05) is 30.9 Å². The second-order valence-electron chi connectivity index (χ2n) is 10.2. The Labute approximate surface area is 251 Å². The van der Waals surface area contributed by atoms with Crippen LogP contribution in [-0.4, -0.2) is 64.2 Å². The number of aliphatic hydroxyl groups excluding tert-OH is 1. The Balaban J connectivity index is 0.00000462. The number of hydrogen-bond donors (Lipinski definition) is 6. The third-order valence-electron chi connectivity index (χ3n) is 7.10. The molecule has 1 saturated heterocycles. The number of rotatable bonds is 13. The monoisotopic (exact) mass is 602 g/mol. The molecule has 0 radical (unpaired) electrons. The zero-order chi connectivity index (χ0) is 28.4. The Hall–Kier alpha value is -2.79. The third-order valence-corrected chi connectivity index (χ3v) is 9.03. The van der Waals surface area contributed by atoms with Crippen LogP contribution in [0, 0.1) is 0 Å². The van der Waals surface area contributed by atoms with E-state index in [1.807, 2.05) is 61.5 Å². The van der Waals surface area contributed by atoms with E-state index in [1.54, 1.807) is 16.4 Å². The van der Waals surface area contributed by atoms with Gasteiger partial charge in [0.15, 0.2) is 0 Å². The number of amides is 1. The first-order valence-corrected chi connectivity index (χ1v) is 15.7. The maximum atomic E-state index is 13.6. The molecular weight excluding hydrogens is 560 g/mol. The zero-order valence-electron chi connectivity index (χ0n) is 23.5. The first-order valence-electron chi connectivity index (χ1n) is 14.1. The highest BCUT2D eigenvalue weighted by atomic mass is 35.5. The van der Waals surface area contributed by atoms with Crippen molar-refractivity contribution >= 4 is 40.5 Å². The summed E-state index contributed by atoms with van der Waals surface area (Å²) in [6, 6.07) is 24.8. The first kappa shape index (κ1) is 32.7. The van der Waals surface area contributed by atoms with E-state index >= 15 is 0 Å². The number of anilines is 2. The van der Waals surface area contributed by atoms with E-state index in [1.165, 1.54) is 5.56 Å². The largest absolute Gasteiger partial charge is 0.390 e. The Morgan fingerprint density at radius 2 is 1.66 bits per heavy atom. The van der Waals surface area contributed by atoms with Crippen molar-refractivity contribution in [1.29, 1.82) is 0 Å². The highest BCUT2D eigenvalue weighted by molar-refractivity contribution is 8.25. The van der Waals surface area contributed by atoms with E-state index in [0.717, 1.165) is 30.5 Å². The second-order valence-corrected chi connectivity index (χ2v) is 12.3. The van der Waals surface area contributed by atoms with E-state index in [9.17, 15) is 19.0 Å². The molecule has 6 N–H and O–H groups in total. The molecule has 3 aromatic carbocycles. The lowest BCUT2D eigenvalue weighted by molar-refractivity contribution is 0.0831. The number of nitrogens with zero attached hydrogens (tertiary/aromatic N) is 1. The molecule has 3 aromatic rings. The molecule has 4 rings (SSSR count). The average Bonchev–Trinajstić information content (AvgIpc) is 2.95. The minimum absolute atomic E-state index is 0. The van der Waals surface area contributed by atoms with E-state index in [4.69, 9.17) is 0 Å². The summed E-state index contributed by atoms with van der Waals surface area (Å²) in [7, 11) is -2.94. The van der Waals surface area contributed by atoms with Gasteiger partial charge in [0.2, 0.25) is 0 Å². The summed E-state index contributed by atoms with van der Waals surface area (Å²) in [5.74, 6) is 0.00141. The molecule has 0 saturated carbocycles. The molecule has 41 heavy (non-hydrogen) atoms. The third kappa shape index (κ3) is 9.63. The lowest BCUT2D eigenvalue weighted by Gasteiger charge is -2.47. The molecule has 10 heteroatoms. The fourth-order valence-electron chi connectivity index (χ4n) is 4.97. The Morgan fingerprint density at radius 1 is 0.976 bits per heavy atom. The molecule has 0 aromatic heterocycles. The first-order chi connectivity index (χ1) is 19.4. The van der Waals surface area contributed by atoms with Gasteiger partial charge >= 0.3 is 0 Å². The molecule has 0 bridgehead atoms. The van der Waals surface area contributed by atoms with Crippen LogP contribution < -0.4 is 20.3 Å². The zero-order valence-corrected chi connectivity index (χ0v) is 25.2. The predicted octanol–water partition coefficient (Wildman–Crippen LogP) is 5.34. The smallest absolute Gasteiger partial charge is 0.251 e. The van der Waals surface area contributed by atoms with Crippen LogP contribution in [0.4, 0.5) is 11.4 Å². The van der Waals surface area contributed by atoms with Crippen LogP contribution in [0.1, 0.15) is 41.3 Å². The van der Waals surface area contributed by atoms with Crippen molar-refractivity contribution in [1.82, 2.24) is 10.6 Å². The number of aliphatic hydroxyl groups is 1. The van der Waals surface area contributed by atoms with Gasteiger partial charge in [-0.2, -0.15) is 0 Å². The van der Waals surface area contributed by atoms with Crippen molar-refractivity contribution in [3.8, 4) is 0 Å². The number of carbonyl (C=O) groups is 1. The maximum Gasteiger partial charge on any atom is 0.251 e. The van der Waals surface area contributed by atoms with E-state index in [0.29, 0.717) is 49.6 Å². The molecule has 1 aliphatic heterocycles. The summed E-state index contributed by atoms with van der Waals surface area (Å²) in [6.07, 6.45) is 2.12. The summed E-state index contributed by atoms with van der Waals surface area (Å²) >= 11 is 0. The van der Waals surface area contributed by atoms with Crippen molar-refractivity contribution in [2.24, 2.45) is 0 Å². The van der Waals surface area contributed by atoms with Crippen LogP contribution in [0.15, 0.2) is 78.9 Å². The minimum atomic E-state index is -2.94. The van der Waals surface area contributed by atoms with Crippen LogP contribution >= 0.6 is 23.2 Å². The van der Waals surface area contributed by atoms with Crippen LogP contribution in [0.25, 0.3) is 0 Å². The summed E-state index contributed by atoms with van der Waals surface area (Å²) in [5, 5.41) is 20.8. The summed E-state index contributed by atoms with van der Waals surface area (Å²) < 4.78 is 23.0. The predicted molar refractivity (Wildman–Crippen MR) is 173 cm³/mol. The SMILES string of the molecule is CCNc1cc(C(=O)N[C@@H](Cc2ccccc2)[C@@H](O)CNCCc2ccccc2)cc(N2CCCCS2(O)O)c1.Cl. The minimum Gasteiger partial charge on any atom is -0.390 e. The maximum absolute atomic E-state index is 13.6. The fraction of sp³-hybridized carbons (Fsp3) is 0.387. The van der Waals surface area contributed by atoms with Crippen molar-refractivity contribution < 1.29 is 19.0 Å². The van der Waals surface area contributed by atoms with Gasteiger partial charge in [-0.05, 0) is 68.5 Å². The Bertz CT molecular complexity index is 1220. The van der Waals surface area contributed by atoms with Gasteiger partial charge in [0.05, 0.1) is 23.6 Å². The van der Waals surface area contributed by atoms with Crippen molar-refractivity contribution in [3.63, 3.8) is 0 Å². The highest BCUT2D eigenvalue weighted by Gasteiger charge is 2.28. The number of halogens is 1. The number of benzene rings is 3. The molecule has 0 unspecified atom stereocenters. The standard InChI is InChI=1S/C31H42N4O4S.ClH/c1-2-33-27-20-26(21-28(22-27)35-17-9-10-18-40(35,38)39)31(37)34-29(19-25-13-7-4-8-14-25)30(36)23-32-16-15-24-11-5-3-6-12-24;/h3-8,11-14,20-22,29-30,32-33,36,38-39H,2,9-10,15-19,23H2,1H3,(H,34,37);1H/t29-,30-;/m0./s1. The van der Waals surface area contributed by atoms with Crippen molar-refractivity contribution in [3.05, 3.63) is 95.6 Å². The average molecular weight is 603 g/mol. The van der Waals surface area contributed by atoms with Crippen LogP contribution in [-0.2, 0) is 12.8 Å². The number of nitrogens with one attached hydrogen (secondary N) is 3. The summed E-state index contributed by atoms with van der Waals surface area (Å²) in [5.41, 5.74) is 3.97. The number of hydrogen-bond acceptors (Lipinski definition) is 7. The summed E-state index contributed by atoms with van der Waals surface area (Å²) in [6.45, 7) is 4.19. The molecule has 224 valence electrons. The van der Waals surface area contributed by atoms with Crippen LogP contribution in [0.5, 0.6) is 0 Å². The van der Waals surface area contributed by atoms with Crippen molar-refractivity contribution in [2.75, 3.05) is 41.6 Å². The van der Waals surface area contributed by atoms with E-state index in [-0.39, 0.29) is 18.3 Å². The van der Waals surface area contributed by atoms with Crippen LogP contribution in [0.3, 0.4) is 0 Å². The molecule has 2 atom stereocenters. The number of carbonyl (C=O) groups excluding carboxylic acids is 1.